The van der Waals surface area contributed by atoms with Crippen molar-refractivity contribution in [2.75, 3.05) is 26.7 Å². The highest BCUT2D eigenvalue weighted by Crippen LogP contribution is 2.18. The van der Waals surface area contributed by atoms with Crippen molar-refractivity contribution in [2.24, 2.45) is 0 Å². The lowest BCUT2D eigenvalue weighted by molar-refractivity contribution is 0.108. The average molecular weight is 250 g/mol. The number of carbonyl (C=O) groups is 1. The molecule has 0 spiro atoms. The largest absolute Gasteiger partial charge is 0.457 e. The molecule has 0 amide bonds. The molecule has 0 N–H and O–H groups in total. The molecule has 4 nitrogen and oxygen atoms in total. The highest BCUT2D eigenvalue weighted by atomic mass is 16.3. The van der Waals surface area contributed by atoms with Gasteiger partial charge in [0.25, 0.3) is 0 Å². The molecular formula is C14H22N2O2. The maximum absolute atomic E-state index is 10.6. The fourth-order valence-corrected chi connectivity index (χ4v) is 2.59. The minimum atomic E-state index is 0.416. The van der Waals surface area contributed by atoms with E-state index < -0.39 is 0 Å². The predicted molar refractivity (Wildman–Crippen MR) is 70.7 cm³/mol. The standard InChI is InChI=1S/C14H22N2O2/c1-3-16-8-6-12(7-9-16)15(2)10-13-4-5-14(11-17)18-13/h4-5,11-12H,3,6-10H2,1-2H3. The third-order valence-electron chi connectivity index (χ3n) is 3.83. The van der Waals surface area contributed by atoms with Gasteiger partial charge in [0.15, 0.2) is 12.0 Å². The van der Waals surface area contributed by atoms with Crippen LogP contribution in [0.15, 0.2) is 16.5 Å². The molecule has 1 aliphatic heterocycles. The molecule has 1 fully saturated rings. The Labute approximate surface area is 109 Å². The summed E-state index contributed by atoms with van der Waals surface area (Å²) in [4.78, 5) is 15.4. The van der Waals surface area contributed by atoms with Crippen molar-refractivity contribution in [2.45, 2.75) is 32.4 Å². The van der Waals surface area contributed by atoms with Gasteiger partial charge in [0.2, 0.25) is 0 Å². The smallest absolute Gasteiger partial charge is 0.185 e. The van der Waals surface area contributed by atoms with Crippen molar-refractivity contribution in [3.8, 4) is 0 Å². The molecule has 1 saturated heterocycles. The number of hydrogen-bond donors (Lipinski definition) is 0. The zero-order chi connectivity index (χ0) is 13.0. The highest BCUT2D eigenvalue weighted by Gasteiger charge is 2.22. The van der Waals surface area contributed by atoms with Gasteiger partial charge >= 0.3 is 0 Å². The highest BCUT2D eigenvalue weighted by molar-refractivity contribution is 5.70. The lowest BCUT2D eigenvalue weighted by Crippen LogP contribution is -2.42. The first-order valence-electron chi connectivity index (χ1n) is 6.69. The van der Waals surface area contributed by atoms with E-state index in [1.165, 1.54) is 25.9 Å². The van der Waals surface area contributed by atoms with Gasteiger partial charge in [-0.1, -0.05) is 6.92 Å². The molecule has 0 aliphatic carbocycles. The van der Waals surface area contributed by atoms with Crippen LogP contribution < -0.4 is 0 Å². The normalized spacial score (nSPS) is 18.4. The van der Waals surface area contributed by atoms with E-state index in [2.05, 4.69) is 23.8 Å². The molecule has 2 heterocycles. The monoisotopic (exact) mass is 250 g/mol. The predicted octanol–water partition coefficient (Wildman–Crippen LogP) is 2.01. The quantitative estimate of drug-likeness (QED) is 0.749. The van der Waals surface area contributed by atoms with E-state index >= 15 is 0 Å². The number of hydrogen-bond acceptors (Lipinski definition) is 4. The summed E-state index contributed by atoms with van der Waals surface area (Å²) in [6, 6.07) is 4.25. The Morgan fingerprint density at radius 1 is 1.44 bits per heavy atom. The van der Waals surface area contributed by atoms with Crippen LogP contribution in [0.4, 0.5) is 0 Å². The Bertz CT molecular complexity index is 381. The number of carbonyl (C=O) groups excluding carboxylic acids is 1. The Morgan fingerprint density at radius 3 is 2.72 bits per heavy atom. The van der Waals surface area contributed by atoms with Crippen LogP contribution in [0.5, 0.6) is 0 Å². The Morgan fingerprint density at radius 2 is 2.17 bits per heavy atom. The molecule has 0 aromatic carbocycles. The molecule has 18 heavy (non-hydrogen) atoms. The van der Waals surface area contributed by atoms with Gasteiger partial charge < -0.3 is 9.32 Å². The Balaban J connectivity index is 1.84. The van der Waals surface area contributed by atoms with E-state index in [1.54, 1.807) is 6.07 Å². The van der Waals surface area contributed by atoms with E-state index in [1.807, 2.05) is 6.07 Å². The summed E-state index contributed by atoms with van der Waals surface area (Å²) in [5, 5.41) is 0. The minimum Gasteiger partial charge on any atom is -0.457 e. The topological polar surface area (TPSA) is 36.7 Å². The first-order valence-corrected chi connectivity index (χ1v) is 6.69. The first kappa shape index (κ1) is 13.3. The van der Waals surface area contributed by atoms with Crippen molar-refractivity contribution in [3.63, 3.8) is 0 Å². The molecule has 0 unspecified atom stereocenters. The van der Waals surface area contributed by atoms with Crippen LogP contribution in [0.3, 0.4) is 0 Å². The summed E-state index contributed by atoms with van der Waals surface area (Å²) in [6.07, 6.45) is 3.18. The number of aldehydes is 1. The van der Waals surface area contributed by atoms with E-state index in [4.69, 9.17) is 4.42 Å². The van der Waals surface area contributed by atoms with E-state index in [0.29, 0.717) is 11.8 Å². The van der Waals surface area contributed by atoms with Gasteiger partial charge in [0, 0.05) is 6.04 Å². The molecule has 0 bridgehead atoms. The van der Waals surface area contributed by atoms with E-state index in [-0.39, 0.29) is 0 Å². The SMILES string of the molecule is CCN1CCC(N(C)Cc2ccc(C=O)o2)CC1. The van der Waals surface area contributed by atoms with Crippen molar-refractivity contribution in [3.05, 3.63) is 23.7 Å². The summed E-state index contributed by atoms with van der Waals surface area (Å²) >= 11 is 0. The third-order valence-corrected chi connectivity index (χ3v) is 3.83. The molecular weight excluding hydrogens is 228 g/mol. The van der Waals surface area contributed by atoms with E-state index in [0.717, 1.165) is 25.1 Å². The summed E-state index contributed by atoms with van der Waals surface area (Å²) in [6.45, 7) is 6.52. The van der Waals surface area contributed by atoms with Gasteiger partial charge in [-0.15, -0.1) is 0 Å². The first-order chi connectivity index (χ1) is 8.72. The second-order valence-corrected chi connectivity index (χ2v) is 5.00. The van der Waals surface area contributed by atoms with Crippen LogP contribution >= 0.6 is 0 Å². The van der Waals surface area contributed by atoms with Gasteiger partial charge in [-0.2, -0.15) is 0 Å². The number of rotatable bonds is 5. The summed E-state index contributed by atoms with van der Waals surface area (Å²) < 4.78 is 5.42. The van der Waals surface area contributed by atoms with Gasteiger partial charge in [0.1, 0.15) is 5.76 Å². The fraction of sp³-hybridized carbons (Fsp3) is 0.643. The van der Waals surface area contributed by atoms with Crippen molar-refractivity contribution < 1.29 is 9.21 Å². The fourth-order valence-electron chi connectivity index (χ4n) is 2.59. The number of nitrogens with zero attached hydrogens (tertiary/aromatic N) is 2. The number of likely N-dealkylation sites (tertiary alicyclic amines) is 1. The average Bonchev–Trinajstić information content (AvgIpc) is 2.86. The molecule has 1 aromatic heterocycles. The summed E-state index contributed by atoms with van der Waals surface area (Å²) in [5.74, 6) is 1.29. The number of piperidine rings is 1. The molecule has 4 heteroatoms. The van der Waals surface area contributed by atoms with Crippen molar-refractivity contribution in [1.82, 2.24) is 9.80 Å². The Kier molecular flexibility index (Phi) is 4.55. The summed E-state index contributed by atoms with van der Waals surface area (Å²) in [5.41, 5.74) is 0. The van der Waals surface area contributed by atoms with Gasteiger partial charge in [-0.25, -0.2) is 0 Å². The van der Waals surface area contributed by atoms with Crippen LogP contribution in [0.2, 0.25) is 0 Å². The maximum atomic E-state index is 10.6. The van der Waals surface area contributed by atoms with Crippen LogP contribution in [-0.4, -0.2) is 48.8 Å². The zero-order valence-corrected chi connectivity index (χ0v) is 11.3. The maximum Gasteiger partial charge on any atom is 0.185 e. The molecule has 0 atom stereocenters. The lowest BCUT2D eigenvalue weighted by Gasteiger charge is -2.35. The van der Waals surface area contributed by atoms with Gasteiger partial charge in [0.05, 0.1) is 6.54 Å². The van der Waals surface area contributed by atoms with Crippen LogP contribution in [-0.2, 0) is 6.54 Å². The second kappa shape index (κ2) is 6.16. The van der Waals surface area contributed by atoms with Gasteiger partial charge in [-0.3, -0.25) is 9.69 Å². The Hall–Kier alpha value is -1.13. The lowest BCUT2D eigenvalue weighted by atomic mass is 10.0. The minimum absolute atomic E-state index is 0.416. The molecule has 0 radical (unpaired) electrons. The summed E-state index contributed by atoms with van der Waals surface area (Å²) in [7, 11) is 2.13. The molecule has 1 aromatic rings. The molecule has 0 saturated carbocycles. The van der Waals surface area contributed by atoms with Crippen molar-refractivity contribution in [1.29, 1.82) is 0 Å². The number of furan rings is 1. The zero-order valence-electron chi connectivity index (χ0n) is 11.3. The molecule has 100 valence electrons. The van der Waals surface area contributed by atoms with Crippen LogP contribution in [0, 0.1) is 0 Å². The van der Waals surface area contributed by atoms with Crippen LogP contribution in [0.1, 0.15) is 36.1 Å². The molecule has 2 rings (SSSR count). The van der Waals surface area contributed by atoms with E-state index in [9.17, 15) is 4.79 Å². The third kappa shape index (κ3) is 3.21. The van der Waals surface area contributed by atoms with Crippen molar-refractivity contribution >= 4 is 6.29 Å². The van der Waals surface area contributed by atoms with Crippen LogP contribution in [0.25, 0.3) is 0 Å². The second-order valence-electron chi connectivity index (χ2n) is 5.00. The molecule has 1 aliphatic rings. The van der Waals surface area contributed by atoms with Gasteiger partial charge in [-0.05, 0) is 51.7 Å².